The third-order valence-corrected chi connectivity index (χ3v) is 14.6. The first-order valence-corrected chi connectivity index (χ1v) is 25.0. The zero-order valence-corrected chi connectivity index (χ0v) is 40.9. The lowest BCUT2D eigenvalue weighted by Crippen LogP contribution is -2.52. The van der Waals surface area contributed by atoms with Crippen molar-refractivity contribution in [1.82, 2.24) is 39.5 Å². The second kappa shape index (κ2) is 21.3. The first kappa shape index (κ1) is 50.4. The molecule has 0 bridgehead atoms. The Morgan fingerprint density at radius 1 is 0.740 bits per heavy atom. The van der Waals surface area contributed by atoms with Crippen LogP contribution in [0.1, 0.15) is 55.6 Å². The molecule has 9 rings (SSSR count). The minimum atomic E-state index is -4.14. The van der Waals surface area contributed by atoms with Crippen molar-refractivity contribution in [3.05, 3.63) is 207 Å². The molecule has 378 valence electrons. The number of tetrazole rings is 1. The van der Waals surface area contributed by atoms with Gasteiger partial charge in [-0.1, -0.05) is 91.9 Å². The molecule has 5 aromatic carbocycles. The van der Waals surface area contributed by atoms with Crippen molar-refractivity contribution < 1.29 is 35.7 Å². The molecule has 0 spiro atoms. The predicted molar refractivity (Wildman–Crippen MR) is 266 cm³/mol. The highest BCUT2D eigenvalue weighted by molar-refractivity contribution is 7.48. The summed E-state index contributed by atoms with van der Waals surface area (Å²) in [4.78, 5) is 35.0. The van der Waals surface area contributed by atoms with Gasteiger partial charge in [0, 0.05) is 60.9 Å². The number of piperazine rings is 1. The first-order chi connectivity index (χ1) is 35.2. The molecule has 73 heavy (non-hydrogen) atoms. The molecule has 1 saturated heterocycles. The number of pyridine rings is 1. The van der Waals surface area contributed by atoms with E-state index in [0.717, 1.165) is 47.6 Å². The normalized spacial score (nSPS) is 15.0. The molecule has 21 heteroatoms. The number of phosphoric acid groups is 1. The summed E-state index contributed by atoms with van der Waals surface area (Å²) in [5.74, 6) is -6.31. The number of hydrogen-bond donors (Lipinski definition) is 1. The highest BCUT2D eigenvalue weighted by Crippen LogP contribution is 2.53. The number of halogens is 4. The van der Waals surface area contributed by atoms with E-state index in [2.05, 4.69) is 30.3 Å². The maximum Gasteiger partial charge on any atom is 0.475 e. The Labute approximate surface area is 417 Å². The molecule has 0 amide bonds. The third-order valence-electron chi connectivity index (χ3n) is 13.1. The highest BCUT2D eigenvalue weighted by atomic mass is 31.2. The van der Waals surface area contributed by atoms with Crippen LogP contribution in [0.3, 0.4) is 0 Å². The summed E-state index contributed by atoms with van der Waals surface area (Å²) in [6.07, 6.45) is 2.37. The van der Waals surface area contributed by atoms with Gasteiger partial charge >= 0.3 is 25.1 Å². The average Bonchev–Trinajstić information content (AvgIpc) is 4.03. The van der Waals surface area contributed by atoms with E-state index >= 15 is 13.2 Å². The first-order valence-electron chi connectivity index (χ1n) is 23.5. The number of H-pyrrole nitrogens is 1. The minimum Gasteiger partial charge on any atom is -0.368 e. The number of nitrogens with zero attached hydrogens (tertiary/aromatic N) is 9. The molecule has 1 aliphatic rings. The Balaban J connectivity index is 0.820. The fourth-order valence-electron chi connectivity index (χ4n) is 8.95. The number of aromatic amines is 1. The van der Waals surface area contributed by atoms with E-state index in [-0.39, 0.29) is 13.2 Å². The van der Waals surface area contributed by atoms with Crippen LogP contribution in [-0.4, -0.2) is 71.8 Å². The van der Waals surface area contributed by atoms with E-state index < -0.39 is 65.7 Å². The number of phosphoric ester groups is 1. The fourth-order valence-corrected chi connectivity index (χ4v) is 10.3. The maximum atomic E-state index is 16.5. The van der Waals surface area contributed by atoms with E-state index in [9.17, 15) is 18.5 Å². The summed E-state index contributed by atoms with van der Waals surface area (Å²) in [5.41, 5.74) is -0.362. The van der Waals surface area contributed by atoms with Crippen LogP contribution in [0.25, 0.3) is 16.8 Å². The van der Waals surface area contributed by atoms with Crippen LogP contribution in [-0.2, 0) is 42.8 Å². The summed E-state index contributed by atoms with van der Waals surface area (Å²) in [5, 5.41) is 13.2. The Morgan fingerprint density at radius 2 is 1.30 bits per heavy atom. The number of benzene rings is 5. The molecule has 8 aromatic rings. The summed E-state index contributed by atoms with van der Waals surface area (Å²) < 4.78 is 97.1. The van der Waals surface area contributed by atoms with Gasteiger partial charge in [0.05, 0.1) is 31.0 Å². The Bertz CT molecular complexity index is 3250. The Kier molecular flexibility index (Phi) is 14.7. The van der Waals surface area contributed by atoms with Gasteiger partial charge in [-0.05, 0) is 95.9 Å². The van der Waals surface area contributed by atoms with Gasteiger partial charge in [-0.3, -0.25) is 18.6 Å². The fraction of sp³-hybridized carbons (Fsp3) is 0.269. The summed E-state index contributed by atoms with van der Waals surface area (Å²) in [7, 11) is -4.14. The van der Waals surface area contributed by atoms with Crippen molar-refractivity contribution in [1.29, 1.82) is 0 Å². The second-order valence-corrected chi connectivity index (χ2v) is 19.3. The van der Waals surface area contributed by atoms with Gasteiger partial charge in [-0.2, -0.15) is 18.6 Å². The quantitative estimate of drug-likeness (QED) is 0.0603. The Morgan fingerprint density at radius 3 is 1.82 bits per heavy atom. The van der Waals surface area contributed by atoms with E-state index in [1.54, 1.807) is 6.92 Å². The van der Waals surface area contributed by atoms with E-state index in [4.69, 9.17) is 13.6 Å². The number of nitrogens with one attached hydrogen (secondary N) is 1. The molecule has 0 aliphatic carbocycles. The Hall–Kier alpha value is -7.51. The lowest BCUT2D eigenvalue weighted by Gasteiger charge is -2.37. The topological polar surface area (TPSA) is 168 Å². The van der Waals surface area contributed by atoms with E-state index in [1.807, 2.05) is 121 Å². The molecule has 0 unspecified atom stereocenters. The standard InChI is InChI=1S/C52H51F4N10O6P/c1-4-47(36(2)72-73(69,70-33-37-11-7-5-8-12-37)71-34-38-13-9-6-10-14-38)65-50(68)64(35-58-65)44-23-21-43(22-24-44)63-29-27-62(28-30-63)42-19-15-39(16-20-42)40-17-26-48(57-32-40)52(55,56)51(3,66-49(67)59-60-61-66)45-25-18-41(53)31-46(45)54/h5-26,31-32,35-36,47H,4,27-30,33-34H2,1-3H3,(H,59,61,67)/t36-,47-,51-/m0/s1. The van der Waals surface area contributed by atoms with Crippen molar-refractivity contribution in [3.8, 4) is 16.8 Å². The van der Waals surface area contributed by atoms with Gasteiger partial charge in [-0.25, -0.2) is 37.3 Å². The van der Waals surface area contributed by atoms with Crippen molar-refractivity contribution in [2.75, 3.05) is 36.0 Å². The SMILES string of the molecule is CC[C@@H]([C@H](C)OP(=O)(OCc1ccccc1)OCc1ccccc1)n1ncn(-c2ccc(N3CCN(c4ccc(-c5ccc(C(F)(F)[C@](C)(c6ccc(F)cc6F)n6nn[nH]c6=O)nc5)cc4)CC3)cc2)c1=O. The largest absolute Gasteiger partial charge is 0.475 e. The molecular weight excluding hydrogens is 968 g/mol. The number of hydrogen-bond acceptors (Lipinski definition) is 12. The van der Waals surface area contributed by atoms with Crippen molar-refractivity contribution >= 4 is 19.2 Å². The second-order valence-electron chi connectivity index (χ2n) is 17.6. The number of aromatic nitrogens is 8. The lowest BCUT2D eigenvalue weighted by molar-refractivity contribution is -0.104. The zero-order valence-electron chi connectivity index (χ0n) is 40.0. The molecule has 3 atom stereocenters. The van der Waals surface area contributed by atoms with Crippen LogP contribution in [0.5, 0.6) is 0 Å². The van der Waals surface area contributed by atoms with Crippen LogP contribution in [0.2, 0.25) is 0 Å². The van der Waals surface area contributed by atoms with Crippen molar-refractivity contribution in [3.63, 3.8) is 0 Å². The van der Waals surface area contributed by atoms with Gasteiger partial charge in [0.15, 0.2) is 5.54 Å². The van der Waals surface area contributed by atoms with Crippen LogP contribution in [0.15, 0.2) is 162 Å². The molecule has 1 aliphatic heterocycles. The number of rotatable bonds is 19. The smallest absolute Gasteiger partial charge is 0.368 e. The maximum absolute atomic E-state index is 16.5. The molecular formula is C52H51F4N10O6P. The van der Waals surface area contributed by atoms with E-state index in [0.29, 0.717) is 60.2 Å². The number of anilines is 2. The lowest BCUT2D eigenvalue weighted by atomic mass is 9.83. The summed E-state index contributed by atoms with van der Waals surface area (Å²) >= 11 is 0. The molecule has 1 fully saturated rings. The van der Waals surface area contributed by atoms with Gasteiger partial charge in [0.2, 0.25) is 0 Å². The minimum absolute atomic E-state index is 0.00501. The highest BCUT2D eigenvalue weighted by Gasteiger charge is 2.58. The van der Waals surface area contributed by atoms with Crippen LogP contribution in [0, 0.1) is 11.6 Å². The summed E-state index contributed by atoms with van der Waals surface area (Å²) in [6, 6.07) is 37.9. The van der Waals surface area contributed by atoms with Crippen LogP contribution >= 0.6 is 7.82 Å². The number of alkyl halides is 2. The third kappa shape index (κ3) is 10.6. The van der Waals surface area contributed by atoms with Gasteiger partial charge in [0.1, 0.15) is 23.7 Å². The van der Waals surface area contributed by atoms with Gasteiger partial charge in [-0.15, -0.1) is 0 Å². The van der Waals surface area contributed by atoms with E-state index in [1.165, 1.54) is 27.8 Å². The van der Waals surface area contributed by atoms with Gasteiger partial charge in [0.25, 0.3) is 0 Å². The predicted octanol–water partition coefficient (Wildman–Crippen LogP) is 9.43. The molecule has 0 saturated carbocycles. The van der Waals surface area contributed by atoms with Crippen LogP contribution in [0.4, 0.5) is 28.9 Å². The van der Waals surface area contributed by atoms with Gasteiger partial charge < -0.3 is 9.80 Å². The van der Waals surface area contributed by atoms with Crippen molar-refractivity contribution in [2.45, 2.75) is 64.0 Å². The average molecular weight is 1020 g/mol. The molecule has 4 heterocycles. The van der Waals surface area contributed by atoms with Crippen molar-refractivity contribution in [2.24, 2.45) is 0 Å². The monoisotopic (exact) mass is 1020 g/mol. The molecule has 1 N–H and O–H groups in total. The molecule has 16 nitrogen and oxygen atoms in total. The molecule has 0 radical (unpaired) electrons. The van der Waals surface area contributed by atoms with Crippen LogP contribution < -0.4 is 21.2 Å². The summed E-state index contributed by atoms with van der Waals surface area (Å²) in [6.45, 7) is 7.36. The zero-order chi connectivity index (χ0) is 51.3. The molecule has 3 aromatic heterocycles.